The van der Waals surface area contributed by atoms with E-state index in [1.165, 1.54) is 0 Å². The standard InChI is InChI=1S/C22H25NO4/c1-23(15-16-8-10-17(11-9-16)20(24)25)21(26)22(12-3-4-13-22)18-6-5-7-19(14-18)27-2/h5-11,14H,3-4,12-13,15H2,1-2H3,(H,24,25). The Labute approximate surface area is 159 Å². The van der Waals surface area contributed by atoms with E-state index in [0.717, 1.165) is 42.6 Å². The smallest absolute Gasteiger partial charge is 0.335 e. The van der Waals surface area contributed by atoms with Crippen LogP contribution in [-0.2, 0) is 16.8 Å². The van der Waals surface area contributed by atoms with Crippen molar-refractivity contribution in [2.45, 2.75) is 37.6 Å². The van der Waals surface area contributed by atoms with Crippen molar-refractivity contribution in [2.75, 3.05) is 14.2 Å². The Kier molecular flexibility index (Phi) is 5.49. The van der Waals surface area contributed by atoms with Crippen molar-refractivity contribution in [2.24, 2.45) is 0 Å². The number of nitrogens with zero attached hydrogens (tertiary/aromatic N) is 1. The van der Waals surface area contributed by atoms with E-state index in [-0.39, 0.29) is 11.5 Å². The number of likely N-dealkylation sites (N-methyl/N-ethyl adjacent to an activating group) is 1. The van der Waals surface area contributed by atoms with E-state index in [9.17, 15) is 9.59 Å². The van der Waals surface area contributed by atoms with Crippen LogP contribution in [0.4, 0.5) is 0 Å². The van der Waals surface area contributed by atoms with Crippen LogP contribution in [0.15, 0.2) is 48.5 Å². The molecular formula is C22H25NO4. The molecule has 0 bridgehead atoms. The predicted octanol–water partition coefficient (Wildman–Crippen LogP) is 3.86. The lowest BCUT2D eigenvalue weighted by molar-refractivity contribution is -0.136. The Balaban J connectivity index is 1.83. The lowest BCUT2D eigenvalue weighted by Gasteiger charge is -2.33. The van der Waals surface area contributed by atoms with Crippen molar-refractivity contribution in [1.29, 1.82) is 0 Å². The van der Waals surface area contributed by atoms with Crippen LogP contribution in [0.3, 0.4) is 0 Å². The molecule has 0 heterocycles. The molecule has 0 radical (unpaired) electrons. The van der Waals surface area contributed by atoms with Gasteiger partial charge in [-0.25, -0.2) is 4.79 Å². The lowest BCUT2D eigenvalue weighted by atomic mass is 9.77. The SMILES string of the molecule is COc1cccc(C2(C(=O)N(C)Cc3ccc(C(=O)O)cc3)CCCC2)c1. The Morgan fingerprint density at radius 2 is 1.78 bits per heavy atom. The van der Waals surface area contributed by atoms with E-state index in [0.29, 0.717) is 6.54 Å². The maximum absolute atomic E-state index is 13.4. The molecule has 1 saturated carbocycles. The number of carbonyl (C=O) groups excluding carboxylic acids is 1. The Hall–Kier alpha value is -2.82. The zero-order valence-electron chi connectivity index (χ0n) is 15.8. The topological polar surface area (TPSA) is 66.8 Å². The highest BCUT2D eigenvalue weighted by Crippen LogP contribution is 2.43. The molecule has 3 rings (SSSR count). The van der Waals surface area contributed by atoms with Gasteiger partial charge in [-0.2, -0.15) is 0 Å². The number of benzene rings is 2. The molecule has 1 amide bonds. The summed E-state index contributed by atoms with van der Waals surface area (Å²) in [5, 5.41) is 9.02. The van der Waals surface area contributed by atoms with Crippen LogP contribution in [0.25, 0.3) is 0 Å². The van der Waals surface area contributed by atoms with E-state index in [1.807, 2.05) is 31.3 Å². The van der Waals surface area contributed by atoms with Crippen molar-refractivity contribution < 1.29 is 19.4 Å². The average Bonchev–Trinajstić information content (AvgIpc) is 3.19. The van der Waals surface area contributed by atoms with Crippen LogP contribution in [0.2, 0.25) is 0 Å². The van der Waals surface area contributed by atoms with E-state index in [2.05, 4.69) is 0 Å². The number of carboxylic acids is 1. The highest BCUT2D eigenvalue weighted by molar-refractivity contribution is 5.89. The van der Waals surface area contributed by atoms with Crippen LogP contribution in [-0.4, -0.2) is 36.0 Å². The van der Waals surface area contributed by atoms with Crippen LogP contribution < -0.4 is 4.74 Å². The molecule has 0 aromatic heterocycles. The molecule has 0 aliphatic heterocycles. The quantitative estimate of drug-likeness (QED) is 0.842. The minimum absolute atomic E-state index is 0.107. The Bertz CT molecular complexity index is 822. The molecule has 0 saturated heterocycles. The third-order valence-corrected chi connectivity index (χ3v) is 5.46. The molecule has 1 aliphatic carbocycles. The number of carbonyl (C=O) groups is 2. The van der Waals surface area contributed by atoms with Crippen LogP contribution in [0, 0.1) is 0 Å². The van der Waals surface area contributed by atoms with E-state index in [4.69, 9.17) is 9.84 Å². The minimum atomic E-state index is -0.950. The molecule has 5 nitrogen and oxygen atoms in total. The molecule has 1 fully saturated rings. The van der Waals surface area contributed by atoms with Crippen molar-refractivity contribution >= 4 is 11.9 Å². The largest absolute Gasteiger partial charge is 0.497 e. The average molecular weight is 367 g/mol. The van der Waals surface area contributed by atoms with Gasteiger partial charge in [0.25, 0.3) is 0 Å². The van der Waals surface area contributed by atoms with Gasteiger partial charge < -0.3 is 14.7 Å². The van der Waals surface area contributed by atoms with Crippen LogP contribution in [0.1, 0.15) is 47.2 Å². The molecule has 142 valence electrons. The first kappa shape index (κ1) is 19.0. The highest BCUT2D eigenvalue weighted by Gasteiger charge is 2.44. The van der Waals surface area contributed by atoms with Gasteiger partial charge in [0.15, 0.2) is 0 Å². The second kappa shape index (κ2) is 7.82. The van der Waals surface area contributed by atoms with E-state index in [1.54, 1.807) is 36.3 Å². The normalized spacial score (nSPS) is 15.3. The van der Waals surface area contributed by atoms with Gasteiger partial charge in [-0.15, -0.1) is 0 Å². The Morgan fingerprint density at radius 1 is 1.11 bits per heavy atom. The number of hydrogen-bond acceptors (Lipinski definition) is 3. The molecule has 27 heavy (non-hydrogen) atoms. The molecule has 2 aromatic rings. The molecule has 1 aliphatic rings. The van der Waals surface area contributed by atoms with Gasteiger partial charge in [0.2, 0.25) is 5.91 Å². The molecule has 1 N–H and O–H groups in total. The second-order valence-electron chi connectivity index (χ2n) is 7.18. The maximum Gasteiger partial charge on any atom is 0.335 e. The third kappa shape index (κ3) is 3.82. The third-order valence-electron chi connectivity index (χ3n) is 5.46. The van der Waals surface area contributed by atoms with Gasteiger partial charge in [0.05, 0.1) is 18.1 Å². The van der Waals surface area contributed by atoms with E-state index < -0.39 is 11.4 Å². The fraction of sp³-hybridized carbons (Fsp3) is 0.364. The molecule has 0 spiro atoms. The van der Waals surface area contributed by atoms with Crippen LogP contribution >= 0.6 is 0 Å². The van der Waals surface area contributed by atoms with Gasteiger partial charge in [0.1, 0.15) is 5.75 Å². The lowest BCUT2D eigenvalue weighted by Crippen LogP contribution is -2.43. The predicted molar refractivity (Wildman–Crippen MR) is 103 cm³/mol. The summed E-state index contributed by atoms with van der Waals surface area (Å²) < 4.78 is 5.35. The molecule has 5 heteroatoms. The number of hydrogen-bond donors (Lipinski definition) is 1. The van der Waals surface area contributed by atoms with Crippen molar-refractivity contribution in [3.05, 3.63) is 65.2 Å². The van der Waals surface area contributed by atoms with Crippen LogP contribution in [0.5, 0.6) is 5.75 Å². The van der Waals surface area contributed by atoms with Crippen molar-refractivity contribution in [3.8, 4) is 5.75 Å². The summed E-state index contributed by atoms with van der Waals surface area (Å²) in [5.74, 6) is -0.0806. The van der Waals surface area contributed by atoms with E-state index >= 15 is 0 Å². The Morgan fingerprint density at radius 3 is 2.37 bits per heavy atom. The summed E-state index contributed by atoms with van der Waals surface area (Å²) in [6.45, 7) is 0.449. The van der Waals surface area contributed by atoms with Gasteiger partial charge in [-0.05, 0) is 48.2 Å². The number of aromatic carboxylic acids is 1. The molecular weight excluding hydrogens is 342 g/mol. The van der Waals surface area contributed by atoms with Gasteiger partial charge in [0, 0.05) is 13.6 Å². The first-order chi connectivity index (χ1) is 13.0. The summed E-state index contributed by atoms with van der Waals surface area (Å²) in [7, 11) is 3.45. The summed E-state index contributed by atoms with van der Waals surface area (Å²) >= 11 is 0. The molecule has 0 atom stereocenters. The van der Waals surface area contributed by atoms with Crippen molar-refractivity contribution in [1.82, 2.24) is 4.90 Å². The summed E-state index contributed by atoms with van der Waals surface area (Å²) in [4.78, 5) is 26.2. The number of ether oxygens (including phenoxy) is 1. The number of rotatable bonds is 6. The molecule has 2 aromatic carbocycles. The molecule has 0 unspecified atom stereocenters. The highest BCUT2D eigenvalue weighted by atomic mass is 16.5. The fourth-order valence-corrected chi connectivity index (χ4v) is 3.99. The summed E-state index contributed by atoms with van der Waals surface area (Å²) in [5.41, 5.74) is 1.66. The summed E-state index contributed by atoms with van der Waals surface area (Å²) in [6, 6.07) is 14.5. The van der Waals surface area contributed by atoms with Gasteiger partial charge in [-0.1, -0.05) is 37.1 Å². The zero-order chi connectivity index (χ0) is 19.4. The first-order valence-corrected chi connectivity index (χ1v) is 9.18. The maximum atomic E-state index is 13.4. The minimum Gasteiger partial charge on any atom is -0.497 e. The zero-order valence-corrected chi connectivity index (χ0v) is 15.8. The second-order valence-corrected chi connectivity index (χ2v) is 7.18. The van der Waals surface area contributed by atoms with Gasteiger partial charge >= 0.3 is 5.97 Å². The number of amides is 1. The number of methoxy groups -OCH3 is 1. The van der Waals surface area contributed by atoms with Crippen molar-refractivity contribution in [3.63, 3.8) is 0 Å². The number of carboxylic acid groups (broad SMARTS) is 1. The first-order valence-electron chi connectivity index (χ1n) is 9.18. The monoisotopic (exact) mass is 367 g/mol. The summed E-state index contributed by atoms with van der Waals surface area (Å²) in [6.07, 6.45) is 3.73. The fourth-order valence-electron chi connectivity index (χ4n) is 3.99. The van der Waals surface area contributed by atoms with Gasteiger partial charge in [-0.3, -0.25) is 4.79 Å².